The molecule has 5 nitrogen and oxygen atoms in total. The van der Waals surface area contributed by atoms with Crippen molar-refractivity contribution < 1.29 is 26.4 Å². The van der Waals surface area contributed by atoms with Crippen molar-refractivity contribution in [1.82, 2.24) is 0 Å². The molecule has 0 bridgehead atoms. The number of halogens is 5. The summed E-state index contributed by atoms with van der Waals surface area (Å²) in [7, 11) is -5.73. The molecule has 146 valence electrons. The SMILES string of the molecule is CCC(=NOc1ccc(Cl)cc1)c1cc(Cl)ccc1[N-]S(=O)(=O)C(F)(F)F. The molecule has 2 aromatic carbocycles. The molecule has 11 heteroatoms. The first-order valence-electron chi connectivity index (χ1n) is 7.37. The molecule has 27 heavy (non-hydrogen) atoms. The molecular formula is C16H12Cl2F3N2O3S-. The van der Waals surface area contributed by atoms with Crippen LogP contribution in [-0.4, -0.2) is 19.6 Å². The second-order valence-electron chi connectivity index (χ2n) is 5.11. The fourth-order valence-corrected chi connectivity index (χ4v) is 2.73. The van der Waals surface area contributed by atoms with Gasteiger partial charge < -0.3 is 9.56 Å². The molecule has 0 aromatic heterocycles. The van der Waals surface area contributed by atoms with Gasteiger partial charge in [-0.1, -0.05) is 41.3 Å². The third-order valence-electron chi connectivity index (χ3n) is 3.19. The van der Waals surface area contributed by atoms with Crippen LogP contribution in [0.5, 0.6) is 5.75 Å². The summed E-state index contributed by atoms with van der Waals surface area (Å²) in [6.07, 6.45) is 0.211. The van der Waals surface area contributed by atoms with Gasteiger partial charge in [0.05, 0.1) is 5.71 Å². The summed E-state index contributed by atoms with van der Waals surface area (Å²) < 4.78 is 63.5. The molecular weight excluding hydrogens is 428 g/mol. The van der Waals surface area contributed by atoms with Crippen LogP contribution in [0.25, 0.3) is 4.72 Å². The Bertz CT molecular complexity index is 946. The molecule has 0 heterocycles. The third-order valence-corrected chi connectivity index (χ3v) is 4.70. The van der Waals surface area contributed by atoms with Crippen LogP contribution in [0.15, 0.2) is 47.6 Å². The summed E-state index contributed by atoms with van der Waals surface area (Å²) >= 11 is 11.7. The lowest BCUT2D eigenvalue weighted by atomic mass is 10.1. The average Bonchev–Trinajstić information content (AvgIpc) is 2.58. The fraction of sp³-hybridized carbons (Fsp3) is 0.188. The summed E-state index contributed by atoms with van der Waals surface area (Å²) in [5.41, 5.74) is -5.81. The second kappa shape index (κ2) is 8.37. The molecule has 0 atom stereocenters. The van der Waals surface area contributed by atoms with Gasteiger partial charge in [0.15, 0.2) is 15.8 Å². The minimum Gasteiger partial charge on any atom is -0.569 e. The zero-order valence-corrected chi connectivity index (χ0v) is 16.0. The van der Waals surface area contributed by atoms with Crippen molar-refractivity contribution >= 4 is 44.6 Å². The predicted molar refractivity (Wildman–Crippen MR) is 98.4 cm³/mol. The molecule has 0 radical (unpaired) electrons. The number of benzene rings is 2. The minimum atomic E-state index is -5.73. The van der Waals surface area contributed by atoms with Gasteiger partial charge >= 0.3 is 5.51 Å². The van der Waals surface area contributed by atoms with Crippen LogP contribution in [0.2, 0.25) is 10.0 Å². The zero-order chi connectivity index (χ0) is 20.2. The summed E-state index contributed by atoms with van der Waals surface area (Å²) in [6, 6.07) is 9.76. The highest BCUT2D eigenvalue weighted by molar-refractivity contribution is 7.95. The van der Waals surface area contributed by atoms with E-state index in [1.807, 2.05) is 0 Å². The number of hydrogen-bond acceptors (Lipinski definition) is 4. The lowest BCUT2D eigenvalue weighted by Crippen LogP contribution is -2.21. The fourth-order valence-electron chi connectivity index (χ4n) is 1.91. The quantitative estimate of drug-likeness (QED) is 0.406. The van der Waals surface area contributed by atoms with E-state index in [0.717, 1.165) is 6.07 Å². The Labute approximate surface area is 163 Å². The van der Waals surface area contributed by atoms with Gasteiger partial charge in [-0.15, -0.1) is 5.69 Å². The van der Waals surface area contributed by atoms with E-state index < -0.39 is 21.2 Å². The Morgan fingerprint density at radius 1 is 1.11 bits per heavy atom. The average molecular weight is 440 g/mol. The standard InChI is InChI=1S/C16H12Cl2F3N2O3S/c1-2-14(22-26-12-6-3-10(17)4-7-12)13-9-11(18)5-8-15(13)23-27(24,25)16(19,20)21/h3-9H,2H2,1H3/q-1. The van der Waals surface area contributed by atoms with E-state index in [1.165, 1.54) is 24.3 Å². The van der Waals surface area contributed by atoms with Gasteiger partial charge in [-0.05, 0) is 48.4 Å². The molecule has 0 saturated carbocycles. The van der Waals surface area contributed by atoms with E-state index >= 15 is 0 Å². The molecule has 2 aromatic rings. The van der Waals surface area contributed by atoms with E-state index in [9.17, 15) is 21.6 Å². The molecule has 0 aliphatic heterocycles. The van der Waals surface area contributed by atoms with Crippen molar-refractivity contribution in [2.45, 2.75) is 18.9 Å². The maximum absolute atomic E-state index is 12.6. The van der Waals surface area contributed by atoms with E-state index in [-0.39, 0.29) is 22.7 Å². The van der Waals surface area contributed by atoms with Crippen molar-refractivity contribution in [3.05, 3.63) is 62.8 Å². The second-order valence-corrected chi connectivity index (χ2v) is 7.58. The first-order valence-corrected chi connectivity index (χ1v) is 9.56. The zero-order valence-electron chi connectivity index (χ0n) is 13.7. The van der Waals surface area contributed by atoms with Gasteiger partial charge in [0.25, 0.3) is 0 Å². The van der Waals surface area contributed by atoms with Crippen LogP contribution < -0.4 is 4.84 Å². The molecule has 0 N–H and O–H groups in total. The lowest BCUT2D eigenvalue weighted by Gasteiger charge is -2.26. The van der Waals surface area contributed by atoms with E-state index in [0.29, 0.717) is 10.8 Å². The topological polar surface area (TPSA) is 69.8 Å². The maximum atomic E-state index is 12.6. The Morgan fingerprint density at radius 3 is 2.26 bits per heavy atom. The van der Waals surface area contributed by atoms with Crippen molar-refractivity contribution in [1.29, 1.82) is 0 Å². The largest absolute Gasteiger partial charge is 0.569 e. The highest BCUT2D eigenvalue weighted by Gasteiger charge is 2.39. The van der Waals surface area contributed by atoms with Gasteiger partial charge in [-0.25, -0.2) is 8.42 Å². The summed E-state index contributed by atoms with van der Waals surface area (Å²) in [4.78, 5) is 5.23. The van der Waals surface area contributed by atoms with Gasteiger partial charge in [-0.3, -0.25) is 0 Å². The number of oxime groups is 1. The number of rotatable bonds is 6. The Hall–Kier alpha value is -1.97. The molecule has 0 spiro atoms. The molecule has 0 amide bonds. The van der Waals surface area contributed by atoms with E-state index in [2.05, 4.69) is 9.88 Å². The van der Waals surface area contributed by atoms with Crippen molar-refractivity contribution in [3.8, 4) is 5.75 Å². The predicted octanol–water partition coefficient (Wildman–Crippen LogP) is 6.04. The summed E-state index contributed by atoms with van der Waals surface area (Å²) in [6.45, 7) is 1.66. The highest BCUT2D eigenvalue weighted by Crippen LogP contribution is 2.37. The van der Waals surface area contributed by atoms with Crippen LogP contribution in [-0.2, 0) is 10.0 Å². The number of sulfonamides is 1. The van der Waals surface area contributed by atoms with Crippen molar-refractivity contribution in [3.63, 3.8) is 0 Å². The first-order chi connectivity index (χ1) is 12.5. The molecule has 0 unspecified atom stereocenters. The third kappa shape index (κ3) is 5.50. The molecule has 0 fully saturated rings. The van der Waals surface area contributed by atoms with Crippen LogP contribution in [0.3, 0.4) is 0 Å². The number of nitrogens with zero attached hydrogens (tertiary/aromatic N) is 2. The van der Waals surface area contributed by atoms with Crippen molar-refractivity contribution in [2.75, 3.05) is 0 Å². The Kier molecular flexibility index (Phi) is 6.61. The normalized spacial score (nSPS) is 12.7. The number of hydrogen-bond donors (Lipinski definition) is 0. The molecule has 0 aliphatic rings. The summed E-state index contributed by atoms with van der Waals surface area (Å²) in [5.74, 6) is 0.328. The van der Waals surface area contributed by atoms with Crippen LogP contribution in [0.1, 0.15) is 18.9 Å². The highest BCUT2D eigenvalue weighted by atomic mass is 35.5. The van der Waals surface area contributed by atoms with Crippen molar-refractivity contribution in [2.24, 2.45) is 5.16 Å². The van der Waals surface area contributed by atoms with Crippen LogP contribution >= 0.6 is 23.2 Å². The smallest absolute Gasteiger partial charge is 0.483 e. The molecule has 2 rings (SSSR count). The first kappa shape index (κ1) is 21.3. The van der Waals surface area contributed by atoms with Gasteiger partial charge in [0.2, 0.25) is 0 Å². The van der Waals surface area contributed by atoms with E-state index in [4.69, 9.17) is 28.0 Å². The van der Waals surface area contributed by atoms with Crippen LogP contribution in [0, 0.1) is 0 Å². The maximum Gasteiger partial charge on any atom is 0.483 e. The van der Waals surface area contributed by atoms with Gasteiger partial charge in [-0.2, -0.15) is 13.2 Å². The Morgan fingerprint density at radius 2 is 1.70 bits per heavy atom. The molecule has 0 saturated heterocycles. The van der Waals surface area contributed by atoms with Gasteiger partial charge in [0, 0.05) is 10.0 Å². The Balaban J connectivity index is 2.40. The minimum absolute atomic E-state index is 0.00629. The monoisotopic (exact) mass is 439 g/mol. The van der Waals surface area contributed by atoms with Gasteiger partial charge in [0.1, 0.15) is 0 Å². The van der Waals surface area contributed by atoms with E-state index in [1.54, 1.807) is 19.1 Å². The molecule has 0 aliphatic carbocycles. The summed E-state index contributed by atoms with van der Waals surface area (Å²) in [5, 5.41) is 4.53. The van der Waals surface area contributed by atoms with Crippen LogP contribution in [0.4, 0.5) is 18.9 Å². The lowest BCUT2D eigenvalue weighted by molar-refractivity contribution is -0.0425. The number of alkyl halides is 3.